The van der Waals surface area contributed by atoms with Crippen molar-refractivity contribution >= 4 is 5.97 Å². The van der Waals surface area contributed by atoms with Crippen LogP contribution in [0.1, 0.15) is 194 Å². The largest absolute Gasteiger partial charge is 0.464 e. The molecular weight excluding hydrogens is 540 g/mol. The van der Waals surface area contributed by atoms with Crippen LogP contribution >= 0.6 is 0 Å². The lowest BCUT2D eigenvalue weighted by Gasteiger charge is -2.08. The van der Waals surface area contributed by atoms with Gasteiger partial charge in [0, 0.05) is 26.1 Å². The Morgan fingerprint density at radius 3 is 1.25 bits per heavy atom. The van der Waals surface area contributed by atoms with Gasteiger partial charge in [0.1, 0.15) is 6.61 Å². The molecule has 0 aromatic rings. The third-order valence-corrected chi connectivity index (χ3v) is 8.53. The van der Waals surface area contributed by atoms with Crippen molar-refractivity contribution in [2.24, 2.45) is 0 Å². The predicted octanol–water partition coefficient (Wildman–Crippen LogP) is 11.8. The molecule has 0 amide bonds. The third kappa shape index (κ3) is 38.9. The number of esters is 1. The molecule has 0 heterocycles. The van der Waals surface area contributed by atoms with Crippen LogP contribution in [0.3, 0.4) is 0 Å². The summed E-state index contributed by atoms with van der Waals surface area (Å²) in [6, 6.07) is 0. The van der Waals surface area contributed by atoms with Crippen molar-refractivity contribution in [3.63, 3.8) is 0 Å². The molecule has 0 saturated carbocycles. The Hall–Kier alpha value is -1.13. The molecule has 260 valence electrons. The molecule has 4 nitrogen and oxygen atoms in total. The summed E-state index contributed by atoms with van der Waals surface area (Å²) in [5.41, 5.74) is 0. The van der Waals surface area contributed by atoms with Crippen LogP contribution in [0.2, 0.25) is 0 Å². The fraction of sp³-hybridized carbons (Fsp3) is 0.875. The second kappa shape index (κ2) is 39.9. The Kier molecular flexibility index (Phi) is 38.9. The van der Waals surface area contributed by atoms with Gasteiger partial charge < -0.3 is 15.4 Å². The van der Waals surface area contributed by atoms with Crippen molar-refractivity contribution in [3.8, 4) is 0 Å². The first kappa shape index (κ1) is 42.9. The third-order valence-electron chi connectivity index (χ3n) is 8.53. The van der Waals surface area contributed by atoms with Crippen LogP contribution in [0.25, 0.3) is 0 Å². The monoisotopic (exact) mass is 619 g/mol. The molecule has 0 aliphatic rings. The number of rotatable bonds is 37. The van der Waals surface area contributed by atoms with Crippen LogP contribution in [-0.4, -0.2) is 38.8 Å². The number of ether oxygens (including phenoxy) is 1. The molecule has 0 radical (unpaired) electrons. The highest BCUT2D eigenvalue weighted by molar-refractivity contribution is 5.69. The van der Waals surface area contributed by atoms with Crippen LogP contribution in [-0.2, 0) is 9.53 Å². The predicted molar refractivity (Wildman–Crippen MR) is 196 cm³/mol. The Morgan fingerprint density at radius 2 is 0.795 bits per heavy atom. The average molecular weight is 619 g/mol. The number of hydrogen-bond donors (Lipinski definition) is 2. The molecule has 0 spiro atoms. The van der Waals surface area contributed by atoms with Gasteiger partial charge >= 0.3 is 5.97 Å². The van der Waals surface area contributed by atoms with E-state index in [4.69, 9.17) is 4.74 Å². The molecule has 0 aromatic heterocycles. The fourth-order valence-electron chi connectivity index (χ4n) is 5.57. The maximum atomic E-state index is 11.9. The molecular formula is C40H78N2O2. The maximum Gasteiger partial charge on any atom is 0.305 e. The molecule has 0 unspecified atom stereocenters. The van der Waals surface area contributed by atoms with E-state index >= 15 is 0 Å². The first-order valence-electron chi connectivity index (χ1n) is 19.7. The Balaban J connectivity index is 3.20. The van der Waals surface area contributed by atoms with Gasteiger partial charge in [-0.15, -0.1) is 0 Å². The number of carbonyl (C=O) groups excluding carboxylic acids is 1. The lowest BCUT2D eigenvalue weighted by molar-refractivity contribution is -0.143. The summed E-state index contributed by atoms with van der Waals surface area (Å²) in [6.07, 6.45) is 45.7. The van der Waals surface area contributed by atoms with Gasteiger partial charge in [0.2, 0.25) is 0 Å². The van der Waals surface area contributed by atoms with Gasteiger partial charge in [-0.2, -0.15) is 0 Å². The first-order valence-corrected chi connectivity index (χ1v) is 19.7. The van der Waals surface area contributed by atoms with E-state index in [0.29, 0.717) is 13.0 Å². The van der Waals surface area contributed by atoms with E-state index in [2.05, 4.69) is 48.8 Å². The van der Waals surface area contributed by atoms with Crippen LogP contribution in [0.5, 0.6) is 0 Å². The summed E-state index contributed by atoms with van der Waals surface area (Å²) >= 11 is 0. The Labute approximate surface area is 276 Å². The van der Waals surface area contributed by atoms with Gasteiger partial charge in [0.15, 0.2) is 0 Å². The number of carbonyl (C=O) groups is 1. The van der Waals surface area contributed by atoms with Crippen LogP contribution < -0.4 is 10.6 Å². The van der Waals surface area contributed by atoms with E-state index in [-0.39, 0.29) is 5.97 Å². The van der Waals surface area contributed by atoms with E-state index in [1.54, 1.807) is 0 Å². The summed E-state index contributed by atoms with van der Waals surface area (Å²) in [7, 11) is 0. The van der Waals surface area contributed by atoms with E-state index in [9.17, 15) is 4.79 Å². The van der Waals surface area contributed by atoms with Crippen molar-refractivity contribution < 1.29 is 9.53 Å². The Morgan fingerprint density at radius 1 is 0.432 bits per heavy atom. The minimum Gasteiger partial charge on any atom is -0.464 e. The standard InChI is InChI=1S/C40H78N2O2/c1-3-5-7-9-11-13-15-17-19-21-23-25-27-29-31-33-35-41-36-37-42-38-39-44-40(43)34-32-30-28-26-24-22-20-18-16-14-12-10-8-6-4-2/h17-20,41-42H,3-16,21-39H2,1-2H3. The summed E-state index contributed by atoms with van der Waals surface area (Å²) in [4.78, 5) is 11.9. The topological polar surface area (TPSA) is 50.4 Å². The maximum absolute atomic E-state index is 11.9. The highest BCUT2D eigenvalue weighted by Crippen LogP contribution is 2.11. The minimum absolute atomic E-state index is 0.0393. The van der Waals surface area contributed by atoms with Gasteiger partial charge in [0.05, 0.1) is 0 Å². The van der Waals surface area contributed by atoms with E-state index in [1.165, 1.54) is 161 Å². The van der Waals surface area contributed by atoms with Gasteiger partial charge in [-0.25, -0.2) is 0 Å². The molecule has 0 rings (SSSR count). The van der Waals surface area contributed by atoms with E-state index in [0.717, 1.165) is 39.0 Å². The van der Waals surface area contributed by atoms with Crippen molar-refractivity contribution in [1.82, 2.24) is 10.6 Å². The van der Waals surface area contributed by atoms with Gasteiger partial charge in [-0.1, -0.05) is 147 Å². The Bertz CT molecular complexity index is 604. The van der Waals surface area contributed by atoms with Crippen molar-refractivity contribution in [2.75, 3.05) is 32.8 Å². The number of hydrogen-bond acceptors (Lipinski definition) is 4. The molecule has 0 aliphatic heterocycles. The summed E-state index contributed by atoms with van der Waals surface area (Å²) in [5.74, 6) is -0.0393. The summed E-state index contributed by atoms with van der Waals surface area (Å²) in [5, 5.41) is 6.89. The summed E-state index contributed by atoms with van der Waals surface area (Å²) in [6.45, 7) is 8.80. The number of allylic oxidation sites excluding steroid dienone is 4. The molecule has 44 heavy (non-hydrogen) atoms. The van der Waals surface area contributed by atoms with Crippen molar-refractivity contribution in [1.29, 1.82) is 0 Å². The smallest absolute Gasteiger partial charge is 0.305 e. The number of unbranched alkanes of at least 4 members (excludes halogenated alkanes) is 23. The normalized spacial score (nSPS) is 11.8. The van der Waals surface area contributed by atoms with Gasteiger partial charge in [-0.05, 0) is 70.8 Å². The molecule has 0 bridgehead atoms. The quantitative estimate of drug-likeness (QED) is 0.0413. The second-order valence-electron chi connectivity index (χ2n) is 13.0. The van der Waals surface area contributed by atoms with Crippen LogP contribution in [0, 0.1) is 0 Å². The lowest BCUT2D eigenvalue weighted by Crippen LogP contribution is -2.30. The molecule has 0 fully saturated rings. The van der Waals surface area contributed by atoms with E-state index in [1.807, 2.05) is 0 Å². The highest BCUT2D eigenvalue weighted by atomic mass is 16.5. The fourth-order valence-corrected chi connectivity index (χ4v) is 5.57. The highest BCUT2D eigenvalue weighted by Gasteiger charge is 2.02. The van der Waals surface area contributed by atoms with Crippen molar-refractivity contribution in [2.45, 2.75) is 194 Å². The average Bonchev–Trinajstić information content (AvgIpc) is 3.03. The van der Waals surface area contributed by atoms with Gasteiger partial charge in [0.25, 0.3) is 0 Å². The zero-order valence-electron chi connectivity index (χ0n) is 30.0. The van der Waals surface area contributed by atoms with Crippen molar-refractivity contribution in [3.05, 3.63) is 24.3 Å². The minimum atomic E-state index is -0.0393. The molecule has 0 atom stereocenters. The lowest BCUT2D eigenvalue weighted by atomic mass is 10.1. The SMILES string of the molecule is CCCCCCCCC=CCCCCCCCCNCCNCCOC(=O)CCCCCCCC=CCCCCCCCC. The molecule has 0 saturated heterocycles. The first-order chi connectivity index (χ1) is 21.8. The zero-order chi connectivity index (χ0) is 31.9. The summed E-state index contributed by atoms with van der Waals surface area (Å²) < 4.78 is 5.37. The molecule has 2 N–H and O–H groups in total. The number of nitrogens with one attached hydrogen (secondary N) is 2. The second-order valence-corrected chi connectivity index (χ2v) is 13.0. The van der Waals surface area contributed by atoms with Crippen LogP contribution in [0.15, 0.2) is 24.3 Å². The van der Waals surface area contributed by atoms with E-state index < -0.39 is 0 Å². The molecule has 0 aromatic carbocycles. The van der Waals surface area contributed by atoms with Gasteiger partial charge in [-0.3, -0.25) is 4.79 Å². The van der Waals surface area contributed by atoms with Crippen LogP contribution in [0.4, 0.5) is 0 Å². The molecule has 0 aliphatic carbocycles. The zero-order valence-corrected chi connectivity index (χ0v) is 30.0. The molecule has 4 heteroatoms.